The van der Waals surface area contributed by atoms with E-state index in [9.17, 15) is 0 Å². The quantitative estimate of drug-likeness (QED) is 0.808. The molecule has 1 aliphatic carbocycles. The Balaban J connectivity index is 1.92. The third-order valence-electron chi connectivity index (χ3n) is 3.72. The van der Waals surface area contributed by atoms with E-state index in [4.69, 9.17) is 15.6 Å². The van der Waals surface area contributed by atoms with Crippen molar-refractivity contribution in [2.75, 3.05) is 24.4 Å². The second-order valence-corrected chi connectivity index (χ2v) is 4.93. The summed E-state index contributed by atoms with van der Waals surface area (Å²) in [7, 11) is 1.57. The van der Waals surface area contributed by atoms with E-state index in [2.05, 4.69) is 15.0 Å². The number of fused-ring (bicyclic) bond motifs is 1. The number of hydrogen-bond donors (Lipinski definition) is 2. The van der Waals surface area contributed by atoms with E-state index < -0.39 is 0 Å². The van der Waals surface area contributed by atoms with Gasteiger partial charge in [-0.15, -0.1) is 0 Å². The van der Waals surface area contributed by atoms with Gasteiger partial charge in [-0.05, 0) is 18.8 Å². The molecule has 0 saturated heterocycles. The van der Waals surface area contributed by atoms with Crippen LogP contribution in [0.1, 0.15) is 18.4 Å². The molecule has 0 bridgehead atoms. The van der Waals surface area contributed by atoms with Gasteiger partial charge in [-0.2, -0.15) is 9.97 Å². The van der Waals surface area contributed by atoms with Crippen molar-refractivity contribution in [2.24, 2.45) is 10.9 Å². The van der Waals surface area contributed by atoms with Crippen molar-refractivity contribution in [1.82, 2.24) is 9.97 Å². The molecule has 1 fully saturated rings. The first-order chi connectivity index (χ1) is 9.22. The summed E-state index contributed by atoms with van der Waals surface area (Å²) in [5, 5.41) is 9.11. The van der Waals surface area contributed by atoms with Crippen molar-refractivity contribution in [3.8, 4) is 5.88 Å². The average molecular weight is 263 g/mol. The SMILES string of the molecule is COc1nc(N)nc2c1CN=CN2[C@H]1C[C@@H](CO)C1. The average Bonchev–Trinajstić information content (AvgIpc) is 2.37. The topological polar surface area (TPSA) is 96.9 Å². The summed E-state index contributed by atoms with van der Waals surface area (Å²) in [4.78, 5) is 14.7. The van der Waals surface area contributed by atoms with Crippen LogP contribution in [-0.4, -0.2) is 41.2 Å². The van der Waals surface area contributed by atoms with Gasteiger partial charge in [-0.25, -0.2) is 0 Å². The summed E-state index contributed by atoms with van der Waals surface area (Å²) in [6.07, 6.45) is 3.68. The molecule has 1 aromatic rings. The molecule has 2 aliphatic rings. The lowest BCUT2D eigenvalue weighted by Crippen LogP contribution is -2.47. The van der Waals surface area contributed by atoms with Crippen LogP contribution < -0.4 is 15.4 Å². The molecule has 0 atom stereocenters. The Morgan fingerprint density at radius 1 is 1.47 bits per heavy atom. The minimum absolute atomic E-state index is 0.203. The van der Waals surface area contributed by atoms with Crippen LogP contribution in [0.15, 0.2) is 4.99 Å². The molecule has 102 valence electrons. The second-order valence-electron chi connectivity index (χ2n) is 4.93. The van der Waals surface area contributed by atoms with Gasteiger partial charge in [0.25, 0.3) is 0 Å². The van der Waals surface area contributed by atoms with Crippen LogP contribution in [0.3, 0.4) is 0 Å². The van der Waals surface area contributed by atoms with E-state index in [-0.39, 0.29) is 12.6 Å². The number of nitrogens with zero attached hydrogens (tertiary/aromatic N) is 4. The van der Waals surface area contributed by atoms with Gasteiger partial charge in [0.1, 0.15) is 5.82 Å². The third-order valence-corrected chi connectivity index (χ3v) is 3.72. The zero-order valence-electron chi connectivity index (χ0n) is 10.8. The molecule has 1 aliphatic heterocycles. The molecule has 0 radical (unpaired) electrons. The standard InChI is InChI=1S/C12H17N5O2/c1-19-11-9-4-14-6-17(8-2-7(3-8)5-18)10(9)15-12(13)16-11/h6-8,18H,2-5H2,1H3,(H2,13,15,16)/t7-,8+. The van der Waals surface area contributed by atoms with Gasteiger partial charge in [-0.3, -0.25) is 4.99 Å². The summed E-state index contributed by atoms with van der Waals surface area (Å²) >= 11 is 0. The van der Waals surface area contributed by atoms with Crippen LogP contribution in [0.25, 0.3) is 0 Å². The lowest BCUT2D eigenvalue weighted by atomic mass is 9.80. The first-order valence-corrected chi connectivity index (χ1v) is 6.32. The van der Waals surface area contributed by atoms with Gasteiger partial charge in [0.05, 0.1) is 25.6 Å². The number of nitrogen functional groups attached to an aromatic ring is 1. The maximum atomic E-state index is 9.11. The molecule has 3 rings (SSSR count). The minimum Gasteiger partial charge on any atom is -0.481 e. The third kappa shape index (κ3) is 1.99. The summed E-state index contributed by atoms with van der Waals surface area (Å²) in [6.45, 7) is 0.745. The van der Waals surface area contributed by atoms with Gasteiger partial charge in [0, 0.05) is 12.6 Å². The maximum Gasteiger partial charge on any atom is 0.225 e. The van der Waals surface area contributed by atoms with Crippen LogP contribution in [0, 0.1) is 5.92 Å². The van der Waals surface area contributed by atoms with Gasteiger partial charge in [-0.1, -0.05) is 0 Å². The van der Waals surface area contributed by atoms with Crippen molar-refractivity contribution in [1.29, 1.82) is 0 Å². The number of hydrogen-bond acceptors (Lipinski definition) is 7. The number of nitrogens with two attached hydrogens (primary N) is 1. The number of aliphatic hydroxyl groups excluding tert-OH is 1. The Hall–Kier alpha value is -1.89. The van der Waals surface area contributed by atoms with Gasteiger partial charge in [0.15, 0.2) is 0 Å². The Kier molecular flexibility index (Phi) is 2.98. The number of anilines is 2. The van der Waals surface area contributed by atoms with Crippen LogP contribution in [-0.2, 0) is 6.54 Å². The zero-order valence-corrected chi connectivity index (χ0v) is 10.8. The first-order valence-electron chi connectivity index (χ1n) is 6.32. The zero-order chi connectivity index (χ0) is 13.4. The molecule has 1 saturated carbocycles. The Morgan fingerprint density at radius 3 is 2.95 bits per heavy atom. The lowest BCUT2D eigenvalue weighted by Gasteiger charge is -2.42. The Labute approximate surface area is 111 Å². The normalized spacial score (nSPS) is 24.8. The van der Waals surface area contributed by atoms with E-state index in [1.807, 2.05) is 4.90 Å². The second kappa shape index (κ2) is 4.65. The van der Waals surface area contributed by atoms with Crippen molar-refractivity contribution in [3.63, 3.8) is 0 Å². The molecule has 2 heterocycles. The van der Waals surface area contributed by atoms with Crippen molar-refractivity contribution >= 4 is 18.1 Å². The van der Waals surface area contributed by atoms with E-state index in [1.165, 1.54) is 0 Å². The predicted molar refractivity (Wildman–Crippen MR) is 71.3 cm³/mol. The monoisotopic (exact) mass is 263 g/mol. The fourth-order valence-electron chi connectivity index (χ4n) is 2.61. The summed E-state index contributed by atoms with van der Waals surface area (Å²) in [6, 6.07) is 0.318. The molecule has 0 amide bonds. The highest BCUT2D eigenvalue weighted by Crippen LogP contribution is 2.37. The van der Waals surface area contributed by atoms with Crippen LogP contribution in [0.4, 0.5) is 11.8 Å². The largest absolute Gasteiger partial charge is 0.481 e. The number of aromatic nitrogens is 2. The van der Waals surface area contributed by atoms with Gasteiger partial charge >= 0.3 is 0 Å². The number of aliphatic hydroxyl groups is 1. The molecule has 0 unspecified atom stereocenters. The highest BCUT2D eigenvalue weighted by molar-refractivity contribution is 5.83. The molecule has 3 N–H and O–H groups in total. The molecule has 0 aromatic carbocycles. The fourth-order valence-corrected chi connectivity index (χ4v) is 2.61. The molecule has 7 nitrogen and oxygen atoms in total. The summed E-state index contributed by atoms with van der Waals surface area (Å²) in [5.74, 6) is 1.85. The molecule has 0 spiro atoms. The fraction of sp³-hybridized carbons (Fsp3) is 0.583. The molecule has 1 aromatic heterocycles. The van der Waals surface area contributed by atoms with Gasteiger partial charge in [0.2, 0.25) is 11.8 Å². The van der Waals surface area contributed by atoms with Crippen molar-refractivity contribution in [2.45, 2.75) is 25.4 Å². The predicted octanol–water partition coefficient (Wildman–Crippen LogP) is 0.187. The molecular formula is C12H17N5O2. The smallest absolute Gasteiger partial charge is 0.225 e. The molecular weight excluding hydrogens is 246 g/mol. The summed E-state index contributed by atoms with van der Waals surface area (Å²) in [5.41, 5.74) is 6.59. The highest BCUT2D eigenvalue weighted by atomic mass is 16.5. The lowest BCUT2D eigenvalue weighted by molar-refractivity contribution is 0.144. The van der Waals surface area contributed by atoms with Crippen molar-refractivity contribution in [3.05, 3.63) is 5.56 Å². The van der Waals surface area contributed by atoms with E-state index in [0.717, 1.165) is 24.2 Å². The summed E-state index contributed by atoms with van der Waals surface area (Å²) < 4.78 is 5.24. The van der Waals surface area contributed by atoms with Crippen molar-refractivity contribution < 1.29 is 9.84 Å². The van der Waals surface area contributed by atoms with Crippen LogP contribution in [0.2, 0.25) is 0 Å². The van der Waals surface area contributed by atoms with Gasteiger partial charge < -0.3 is 20.5 Å². The molecule has 19 heavy (non-hydrogen) atoms. The van der Waals surface area contributed by atoms with Crippen LogP contribution in [0.5, 0.6) is 5.88 Å². The van der Waals surface area contributed by atoms with Crippen LogP contribution >= 0.6 is 0 Å². The Bertz CT molecular complexity index is 513. The Morgan fingerprint density at radius 2 is 2.26 bits per heavy atom. The number of rotatable bonds is 3. The first kappa shape index (κ1) is 12.2. The minimum atomic E-state index is 0.203. The van der Waals surface area contributed by atoms with E-state index >= 15 is 0 Å². The maximum absolute atomic E-state index is 9.11. The highest BCUT2D eigenvalue weighted by Gasteiger charge is 2.36. The van der Waals surface area contributed by atoms with E-state index in [1.54, 1.807) is 13.4 Å². The molecule has 7 heteroatoms. The van der Waals surface area contributed by atoms with E-state index in [0.29, 0.717) is 24.4 Å². The number of ether oxygens (including phenoxy) is 1. The number of aliphatic imine (C=N–C) groups is 1. The number of methoxy groups -OCH3 is 1.